The van der Waals surface area contributed by atoms with E-state index in [1.54, 1.807) is 6.92 Å². The van der Waals surface area contributed by atoms with Crippen LogP contribution >= 0.6 is 0 Å². The Morgan fingerprint density at radius 1 is 0.515 bits per heavy atom. The van der Waals surface area contributed by atoms with Gasteiger partial charge >= 0.3 is 0 Å². The van der Waals surface area contributed by atoms with Crippen LogP contribution in [0.15, 0.2) is 115 Å². The zero-order valence-electron chi connectivity index (χ0n) is 35.0. The molecule has 0 unspecified atom stereocenters. The standard InChI is InChI=1S/C31H22N2/c1-21-10-8-19-30-31(21)26-15-4-7-18-29(26)33(30)23-12-9-11-22(20-23)32-27-16-5-2-13-24(27)25-14-3-6-17-28(25)32/h2-20H,1H3/i2D,3D,4D,5D,6D,7D,8D,9D,11D,12D,13D,14D,15D,16D,17D,18D,19D,20D. The second-order valence-corrected chi connectivity index (χ2v) is 7.36. The highest BCUT2D eigenvalue weighted by molar-refractivity contribution is 6.11. The fourth-order valence-electron chi connectivity index (χ4n) is 4.20. The highest BCUT2D eigenvalue weighted by Gasteiger charge is 2.15. The van der Waals surface area contributed by atoms with Gasteiger partial charge in [-0.25, -0.2) is 0 Å². The molecule has 0 spiro atoms. The summed E-state index contributed by atoms with van der Waals surface area (Å²) in [5.41, 5.74) is -2.26. The van der Waals surface area contributed by atoms with Crippen LogP contribution in [0.5, 0.6) is 0 Å². The van der Waals surface area contributed by atoms with E-state index in [-0.39, 0.29) is 38.6 Å². The summed E-state index contributed by atoms with van der Waals surface area (Å²) in [4.78, 5) is 0. The maximum atomic E-state index is 9.57. The molecule has 7 aromatic rings. The molecule has 156 valence electrons. The first-order chi connectivity index (χ1) is 23.8. The van der Waals surface area contributed by atoms with Gasteiger partial charge in [0.1, 0.15) is 0 Å². The Hall–Kier alpha value is -4.30. The molecule has 5 aromatic carbocycles. The maximum absolute atomic E-state index is 9.57. The lowest BCUT2D eigenvalue weighted by molar-refractivity contribution is 1.13. The molecule has 0 radical (unpaired) electrons. The van der Waals surface area contributed by atoms with Crippen LogP contribution < -0.4 is 0 Å². The Kier molecular flexibility index (Phi) is 1.65. The van der Waals surface area contributed by atoms with Gasteiger partial charge in [-0.15, -0.1) is 0 Å². The SMILES string of the molecule is [2H]c1cc(C)c2c3c([2H])c([2H])c([2H])c([2H])c3n(-c3c([2H])c([2H])c([2H])c(-n4c5c([2H])c([2H])c([2H])c([2H])c5c5c([2H])c([2H])c([2H])c([2H])c54)c3[2H])c2c1[2H]. The number of benzene rings is 5. The zero-order chi connectivity index (χ0) is 37.6. The van der Waals surface area contributed by atoms with E-state index in [1.807, 2.05) is 0 Å². The summed E-state index contributed by atoms with van der Waals surface area (Å²) >= 11 is 0. The predicted octanol–water partition coefficient (Wildman–Crippen LogP) is 8.19. The van der Waals surface area contributed by atoms with Gasteiger partial charge in [0.25, 0.3) is 0 Å². The average molecular weight is 441 g/mol. The fourth-order valence-corrected chi connectivity index (χ4v) is 4.20. The Bertz CT molecular complexity index is 2720. The normalized spacial score (nSPS) is 19.4. The number of fused-ring (bicyclic) bond motifs is 6. The molecule has 2 heteroatoms. The lowest BCUT2D eigenvalue weighted by Gasteiger charge is -2.12. The van der Waals surface area contributed by atoms with Gasteiger partial charge in [-0.05, 0) is 54.8 Å². The van der Waals surface area contributed by atoms with Crippen molar-refractivity contribution in [1.82, 2.24) is 9.13 Å². The first kappa shape index (κ1) is 7.93. The Balaban J connectivity index is 1.83. The van der Waals surface area contributed by atoms with Crippen molar-refractivity contribution in [3.63, 3.8) is 0 Å². The molecular weight excluding hydrogens is 400 g/mol. The molecule has 0 saturated heterocycles. The lowest BCUT2D eigenvalue weighted by Crippen LogP contribution is -1.98. The number of nitrogens with zero attached hydrogens (tertiary/aromatic N) is 2. The van der Waals surface area contributed by atoms with Gasteiger partial charge in [-0.3, -0.25) is 0 Å². The van der Waals surface area contributed by atoms with Crippen molar-refractivity contribution in [2.24, 2.45) is 0 Å². The van der Waals surface area contributed by atoms with Gasteiger partial charge in [0.15, 0.2) is 0 Å². The smallest absolute Gasteiger partial charge is 0.0667 e. The Morgan fingerprint density at radius 3 is 1.64 bits per heavy atom. The largest absolute Gasteiger partial charge is 0.309 e. The van der Waals surface area contributed by atoms with Crippen LogP contribution in [0.2, 0.25) is 0 Å². The molecule has 0 bridgehead atoms. The third-order valence-electron chi connectivity index (χ3n) is 5.55. The number of para-hydroxylation sites is 3. The highest BCUT2D eigenvalue weighted by atomic mass is 15.0. The van der Waals surface area contributed by atoms with E-state index in [0.717, 1.165) is 9.13 Å². The molecule has 0 N–H and O–H groups in total. The molecule has 2 aromatic heterocycles. The molecule has 7 rings (SSSR count). The Morgan fingerprint density at radius 2 is 1.00 bits per heavy atom. The highest BCUT2D eigenvalue weighted by Crippen LogP contribution is 2.36. The third kappa shape index (κ3) is 2.55. The monoisotopic (exact) mass is 440 g/mol. The maximum Gasteiger partial charge on any atom is 0.0667 e. The number of aromatic nitrogens is 2. The summed E-state index contributed by atoms with van der Waals surface area (Å²) in [5.74, 6) is 0. The van der Waals surface area contributed by atoms with Crippen molar-refractivity contribution in [2.75, 3.05) is 0 Å². The quantitative estimate of drug-likeness (QED) is 0.256. The summed E-state index contributed by atoms with van der Waals surface area (Å²) in [5, 5.41) is -0.679. The van der Waals surface area contributed by atoms with Crippen LogP contribution in [0, 0.1) is 6.92 Å². The van der Waals surface area contributed by atoms with Gasteiger partial charge in [0.2, 0.25) is 0 Å². The van der Waals surface area contributed by atoms with Crippen molar-refractivity contribution in [3.05, 3.63) is 120 Å². The van der Waals surface area contributed by atoms with Gasteiger partial charge in [-0.1, -0.05) is 72.5 Å². The molecule has 2 nitrogen and oxygen atoms in total. The molecule has 0 saturated carbocycles. The number of hydrogen-bond acceptors (Lipinski definition) is 0. The van der Waals surface area contributed by atoms with Crippen molar-refractivity contribution >= 4 is 43.6 Å². The minimum atomic E-state index is -0.853. The number of hydrogen-bond donors (Lipinski definition) is 0. The van der Waals surface area contributed by atoms with E-state index in [9.17, 15) is 1.37 Å². The van der Waals surface area contributed by atoms with Crippen LogP contribution in [0.1, 0.15) is 30.2 Å². The van der Waals surface area contributed by atoms with Crippen molar-refractivity contribution in [3.8, 4) is 11.4 Å². The van der Waals surface area contributed by atoms with Crippen LogP contribution in [0.3, 0.4) is 0 Å². The van der Waals surface area contributed by atoms with Gasteiger partial charge < -0.3 is 9.13 Å². The second kappa shape index (κ2) is 6.85. The molecule has 0 aliphatic rings. The van der Waals surface area contributed by atoms with E-state index in [2.05, 4.69) is 0 Å². The van der Waals surface area contributed by atoms with Crippen LogP contribution in [-0.2, 0) is 0 Å². The van der Waals surface area contributed by atoms with E-state index in [1.165, 1.54) is 6.07 Å². The summed E-state index contributed by atoms with van der Waals surface area (Å²) in [6.07, 6.45) is 0. The number of aryl methyl sites for hydroxylation is 1. The summed E-state index contributed by atoms with van der Waals surface area (Å²) < 4.78 is 159. The summed E-state index contributed by atoms with van der Waals surface area (Å²) in [7, 11) is 0. The van der Waals surface area contributed by atoms with Crippen LogP contribution in [-0.4, -0.2) is 9.13 Å². The van der Waals surface area contributed by atoms with Crippen molar-refractivity contribution in [1.29, 1.82) is 0 Å². The van der Waals surface area contributed by atoms with Crippen LogP contribution in [0.4, 0.5) is 0 Å². The molecule has 0 fully saturated rings. The van der Waals surface area contributed by atoms with E-state index >= 15 is 0 Å². The summed E-state index contributed by atoms with van der Waals surface area (Å²) in [6.45, 7) is 1.56. The van der Waals surface area contributed by atoms with Crippen LogP contribution in [0.25, 0.3) is 55.0 Å². The molecule has 0 amide bonds. The minimum Gasteiger partial charge on any atom is -0.309 e. The third-order valence-corrected chi connectivity index (χ3v) is 5.55. The molecule has 2 heterocycles. The Labute approximate surface area is 217 Å². The minimum absolute atomic E-state index is 0.0936. The van der Waals surface area contributed by atoms with E-state index in [4.69, 9.17) is 23.3 Å². The van der Waals surface area contributed by atoms with Crippen molar-refractivity contribution < 1.29 is 24.7 Å². The fraction of sp³-hybridized carbons (Fsp3) is 0.0323. The predicted molar refractivity (Wildman–Crippen MR) is 140 cm³/mol. The second-order valence-electron chi connectivity index (χ2n) is 7.36. The molecule has 0 aliphatic heterocycles. The number of rotatable bonds is 2. The lowest BCUT2D eigenvalue weighted by atomic mass is 10.1. The average Bonchev–Trinajstić information content (AvgIpc) is 3.63. The van der Waals surface area contributed by atoms with E-state index in [0.29, 0.717) is 5.56 Å². The molecular formula is C31H22N2. The topological polar surface area (TPSA) is 9.86 Å². The zero-order valence-corrected chi connectivity index (χ0v) is 17.0. The molecule has 0 atom stereocenters. The molecule has 33 heavy (non-hydrogen) atoms. The first-order valence-corrected chi connectivity index (χ1v) is 9.92. The first-order valence-electron chi connectivity index (χ1n) is 18.9. The van der Waals surface area contributed by atoms with E-state index < -0.39 is 125 Å². The molecule has 0 aliphatic carbocycles. The van der Waals surface area contributed by atoms with Gasteiger partial charge in [0.05, 0.1) is 46.7 Å². The van der Waals surface area contributed by atoms with Crippen molar-refractivity contribution in [2.45, 2.75) is 6.92 Å². The van der Waals surface area contributed by atoms with Gasteiger partial charge in [-0.2, -0.15) is 0 Å². The summed E-state index contributed by atoms with van der Waals surface area (Å²) in [6, 6.07) is -11.0. The van der Waals surface area contributed by atoms with Gasteiger partial charge in [0, 0.05) is 32.9 Å².